The van der Waals surface area contributed by atoms with Gasteiger partial charge in [0, 0.05) is 5.56 Å². The second-order valence-electron chi connectivity index (χ2n) is 5.49. The Morgan fingerprint density at radius 3 is 2.50 bits per heavy atom. The van der Waals surface area contributed by atoms with Crippen molar-refractivity contribution in [3.8, 4) is 5.75 Å². The summed E-state index contributed by atoms with van der Waals surface area (Å²) in [6.07, 6.45) is -0.0258. The first-order valence-corrected chi connectivity index (χ1v) is 6.64. The molecule has 1 rings (SSSR count). The van der Waals surface area contributed by atoms with E-state index in [0.29, 0.717) is 6.29 Å². The number of amides is 1. The Morgan fingerprint density at radius 1 is 1.27 bits per heavy atom. The average Bonchev–Trinajstić information content (AvgIpc) is 2.41. The maximum atomic E-state index is 11.4. The average molecular weight is 309 g/mol. The molecule has 1 aromatic carbocycles. The molecule has 0 fully saturated rings. The fourth-order valence-corrected chi connectivity index (χ4v) is 1.53. The highest BCUT2D eigenvalue weighted by molar-refractivity contribution is 5.90. The first-order chi connectivity index (χ1) is 10.2. The molecule has 0 atom stereocenters. The summed E-state index contributed by atoms with van der Waals surface area (Å²) in [5.74, 6) is -0.909. The van der Waals surface area contributed by atoms with Gasteiger partial charge in [0.25, 0.3) is 0 Å². The second-order valence-corrected chi connectivity index (χ2v) is 5.49. The summed E-state index contributed by atoms with van der Waals surface area (Å²) < 4.78 is 10.4. The number of hydrogen-bond acceptors (Lipinski definition) is 5. The Balaban J connectivity index is 2.51. The van der Waals surface area contributed by atoms with Crippen LogP contribution >= 0.6 is 0 Å². The molecule has 0 spiro atoms. The zero-order valence-corrected chi connectivity index (χ0v) is 12.7. The molecule has 0 saturated carbocycles. The summed E-state index contributed by atoms with van der Waals surface area (Å²) >= 11 is 0. The van der Waals surface area contributed by atoms with E-state index in [9.17, 15) is 14.4 Å². The van der Waals surface area contributed by atoms with Crippen LogP contribution in [-0.4, -0.2) is 42.2 Å². The molecule has 0 bridgehead atoms. The molecule has 22 heavy (non-hydrogen) atoms. The van der Waals surface area contributed by atoms with Gasteiger partial charge in [-0.15, -0.1) is 0 Å². The van der Waals surface area contributed by atoms with Crippen molar-refractivity contribution in [1.82, 2.24) is 5.32 Å². The quantitative estimate of drug-likeness (QED) is 0.616. The van der Waals surface area contributed by atoms with E-state index in [1.165, 1.54) is 18.2 Å². The number of carbonyl (C=O) groups excluding carboxylic acids is 2. The molecule has 0 aliphatic carbocycles. The summed E-state index contributed by atoms with van der Waals surface area (Å²) in [7, 11) is 0. The normalized spacial score (nSPS) is 10.7. The summed E-state index contributed by atoms with van der Waals surface area (Å²) in [5.41, 5.74) is -0.422. The molecule has 120 valence electrons. The molecule has 0 heterocycles. The molecule has 0 aliphatic heterocycles. The number of rotatable bonds is 6. The van der Waals surface area contributed by atoms with Crippen molar-refractivity contribution in [3.05, 3.63) is 29.3 Å². The number of nitrogens with one attached hydrogen (secondary N) is 1. The highest BCUT2D eigenvalue weighted by Gasteiger charge is 2.15. The Kier molecular flexibility index (Phi) is 5.91. The van der Waals surface area contributed by atoms with Gasteiger partial charge in [-0.05, 0) is 39.0 Å². The van der Waals surface area contributed by atoms with Crippen molar-refractivity contribution in [2.75, 3.05) is 13.2 Å². The Morgan fingerprint density at radius 2 is 1.95 bits per heavy atom. The molecule has 0 aromatic heterocycles. The molecule has 0 saturated heterocycles. The largest absolute Gasteiger partial charge is 0.492 e. The van der Waals surface area contributed by atoms with E-state index < -0.39 is 17.7 Å². The molecule has 0 unspecified atom stereocenters. The molecule has 2 N–H and O–H groups in total. The minimum absolute atomic E-state index is 0.0419. The summed E-state index contributed by atoms with van der Waals surface area (Å²) in [4.78, 5) is 33.1. The maximum absolute atomic E-state index is 11.4. The fourth-order valence-electron chi connectivity index (χ4n) is 1.53. The summed E-state index contributed by atoms with van der Waals surface area (Å²) in [5, 5.41) is 11.4. The third-order valence-corrected chi connectivity index (χ3v) is 2.35. The van der Waals surface area contributed by atoms with E-state index in [1.807, 2.05) is 0 Å². The van der Waals surface area contributed by atoms with Crippen LogP contribution in [0.15, 0.2) is 18.2 Å². The number of alkyl carbamates (subject to hydrolysis) is 1. The van der Waals surface area contributed by atoms with Crippen molar-refractivity contribution in [1.29, 1.82) is 0 Å². The van der Waals surface area contributed by atoms with E-state index >= 15 is 0 Å². The van der Waals surface area contributed by atoms with Gasteiger partial charge in [-0.1, -0.05) is 0 Å². The van der Waals surface area contributed by atoms with Crippen LogP contribution in [-0.2, 0) is 4.74 Å². The van der Waals surface area contributed by atoms with E-state index in [1.54, 1.807) is 20.8 Å². The van der Waals surface area contributed by atoms with Gasteiger partial charge in [-0.2, -0.15) is 0 Å². The maximum Gasteiger partial charge on any atom is 0.407 e. The van der Waals surface area contributed by atoms with Gasteiger partial charge in [0.05, 0.1) is 12.1 Å². The smallest absolute Gasteiger partial charge is 0.407 e. The predicted octanol–water partition coefficient (Wildman–Crippen LogP) is 2.10. The number of benzene rings is 1. The van der Waals surface area contributed by atoms with Crippen LogP contribution in [0, 0.1) is 0 Å². The Labute approximate surface area is 128 Å². The van der Waals surface area contributed by atoms with Crippen LogP contribution in [0.5, 0.6) is 5.75 Å². The molecule has 1 aromatic rings. The lowest BCUT2D eigenvalue weighted by Gasteiger charge is -2.19. The van der Waals surface area contributed by atoms with Crippen LogP contribution in [0.3, 0.4) is 0 Å². The van der Waals surface area contributed by atoms with E-state index in [4.69, 9.17) is 14.6 Å². The zero-order chi connectivity index (χ0) is 16.8. The van der Waals surface area contributed by atoms with Gasteiger partial charge in [0.15, 0.2) is 0 Å². The van der Waals surface area contributed by atoms with Crippen molar-refractivity contribution >= 4 is 18.3 Å². The number of ether oxygens (including phenoxy) is 2. The molecular formula is C15H19NO6. The number of carboxylic acids is 1. The van der Waals surface area contributed by atoms with E-state index in [2.05, 4.69) is 5.32 Å². The van der Waals surface area contributed by atoms with E-state index in [-0.39, 0.29) is 30.0 Å². The minimum atomic E-state index is -1.15. The van der Waals surface area contributed by atoms with E-state index in [0.717, 1.165) is 0 Å². The lowest BCUT2D eigenvalue weighted by atomic mass is 10.1. The molecule has 0 aliphatic rings. The molecule has 7 heteroatoms. The van der Waals surface area contributed by atoms with Gasteiger partial charge in [0.1, 0.15) is 24.2 Å². The molecule has 7 nitrogen and oxygen atoms in total. The summed E-state index contributed by atoms with van der Waals surface area (Å²) in [6.45, 7) is 5.55. The number of carbonyl (C=O) groups is 3. The number of aromatic carboxylic acids is 1. The van der Waals surface area contributed by atoms with Gasteiger partial charge in [-0.3, -0.25) is 4.79 Å². The fraction of sp³-hybridized carbons (Fsp3) is 0.400. The predicted molar refractivity (Wildman–Crippen MR) is 78.5 cm³/mol. The summed E-state index contributed by atoms with van der Waals surface area (Å²) in [6, 6.07) is 3.98. The highest BCUT2D eigenvalue weighted by atomic mass is 16.6. The van der Waals surface area contributed by atoms with Crippen molar-refractivity contribution in [3.63, 3.8) is 0 Å². The third kappa shape index (κ3) is 6.25. The monoisotopic (exact) mass is 309 g/mol. The first-order valence-electron chi connectivity index (χ1n) is 6.64. The van der Waals surface area contributed by atoms with Crippen molar-refractivity contribution in [2.24, 2.45) is 0 Å². The second kappa shape index (κ2) is 7.44. The van der Waals surface area contributed by atoms with Crippen LogP contribution in [0.1, 0.15) is 41.5 Å². The van der Waals surface area contributed by atoms with Crippen molar-refractivity contribution in [2.45, 2.75) is 26.4 Å². The zero-order valence-electron chi connectivity index (χ0n) is 12.7. The lowest BCUT2D eigenvalue weighted by molar-refractivity contribution is 0.0519. The van der Waals surface area contributed by atoms with Crippen LogP contribution in [0.4, 0.5) is 4.79 Å². The topological polar surface area (TPSA) is 102 Å². The van der Waals surface area contributed by atoms with Gasteiger partial charge < -0.3 is 19.9 Å². The van der Waals surface area contributed by atoms with Crippen LogP contribution in [0.2, 0.25) is 0 Å². The molecule has 0 radical (unpaired) electrons. The standard InChI is InChI=1S/C15H19NO6/c1-15(2,3)22-14(20)16-4-5-21-12-7-10(9-17)6-11(8-12)13(18)19/h6-9H,4-5H2,1-3H3,(H,16,20)(H,18,19). The van der Waals surface area contributed by atoms with Crippen molar-refractivity contribution < 1.29 is 29.0 Å². The van der Waals surface area contributed by atoms with Gasteiger partial charge >= 0.3 is 12.1 Å². The minimum Gasteiger partial charge on any atom is -0.492 e. The Bertz CT molecular complexity index is 562. The highest BCUT2D eigenvalue weighted by Crippen LogP contribution is 2.16. The lowest BCUT2D eigenvalue weighted by Crippen LogP contribution is -2.34. The Hall–Kier alpha value is -2.57. The number of hydrogen-bond donors (Lipinski definition) is 2. The molecule has 1 amide bonds. The van der Waals surface area contributed by atoms with Gasteiger partial charge in [-0.25, -0.2) is 9.59 Å². The van der Waals surface area contributed by atoms with Gasteiger partial charge in [0.2, 0.25) is 0 Å². The third-order valence-electron chi connectivity index (χ3n) is 2.35. The van der Waals surface area contributed by atoms with Crippen LogP contribution < -0.4 is 10.1 Å². The first kappa shape index (κ1) is 17.5. The molecular weight excluding hydrogens is 290 g/mol. The SMILES string of the molecule is CC(C)(C)OC(=O)NCCOc1cc(C=O)cc(C(=O)O)c1. The number of carboxylic acid groups (broad SMARTS) is 1. The van der Waals surface area contributed by atoms with Crippen LogP contribution in [0.25, 0.3) is 0 Å². The number of aldehydes is 1.